The van der Waals surface area contributed by atoms with Gasteiger partial charge in [-0.15, -0.1) is 0 Å². The number of nitrogens with one attached hydrogen (secondary N) is 1. The quantitative estimate of drug-likeness (QED) is 0.803. The maximum absolute atomic E-state index is 9.24. The van der Waals surface area contributed by atoms with E-state index in [0.29, 0.717) is 6.54 Å². The van der Waals surface area contributed by atoms with E-state index in [0.717, 1.165) is 60.1 Å². The van der Waals surface area contributed by atoms with Crippen LogP contribution in [0.5, 0.6) is 0 Å². The first-order valence-electron chi connectivity index (χ1n) is 9.20. The molecule has 1 aromatic carbocycles. The molecule has 3 rings (SSSR count). The Morgan fingerprint density at radius 1 is 1.31 bits per heavy atom. The lowest BCUT2D eigenvalue weighted by atomic mass is 10.1. The summed E-state index contributed by atoms with van der Waals surface area (Å²) in [4.78, 5) is 11.3. The number of anilines is 1. The minimum absolute atomic E-state index is 0.242. The molecule has 1 aliphatic rings. The summed E-state index contributed by atoms with van der Waals surface area (Å²) in [6.45, 7) is 5.85. The van der Waals surface area contributed by atoms with Crippen LogP contribution in [-0.2, 0) is 19.4 Å². The highest BCUT2D eigenvalue weighted by molar-refractivity contribution is 6.31. The summed E-state index contributed by atoms with van der Waals surface area (Å²) in [6.07, 6.45) is 4.06. The largest absolute Gasteiger partial charge is 0.369 e. The Morgan fingerprint density at radius 3 is 2.92 bits per heavy atom. The molecular formula is C20H24ClN5. The number of fused-ring (bicyclic) bond motifs is 1. The molecule has 0 saturated carbocycles. The summed E-state index contributed by atoms with van der Waals surface area (Å²) >= 11 is 6.23. The average molecular weight is 370 g/mol. The molecule has 1 aromatic heterocycles. The number of hydrogen-bond acceptors (Lipinski definition) is 5. The molecule has 0 fully saturated rings. The van der Waals surface area contributed by atoms with Crippen molar-refractivity contribution in [2.75, 3.05) is 25.0 Å². The molecule has 0 bridgehead atoms. The third kappa shape index (κ3) is 4.51. The SMILES string of the molecule is CCCCN1CCc2nc(C#N)nc(NCCc3ccccc3Cl)c2C1. The zero-order chi connectivity index (χ0) is 18.4. The summed E-state index contributed by atoms with van der Waals surface area (Å²) in [7, 11) is 0. The maximum Gasteiger partial charge on any atom is 0.234 e. The van der Waals surface area contributed by atoms with Crippen LogP contribution in [0.1, 0.15) is 42.4 Å². The van der Waals surface area contributed by atoms with Crippen molar-refractivity contribution in [1.82, 2.24) is 14.9 Å². The van der Waals surface area contributed by atoms with Crippen molar-refractivity contribution in [1.29, 1.82) is 5.26 Å². The summed E-state index contributed by atoms with van der Waals surface area (Å²) < 4.78 is 0. The molecular weight excluding hydrogens is 346 g/mol. The zero-order valence-electron chi connectivity index (χ0n) is 15.1. The van der Waals surface area contributed by atoms with Crippen molar-refractivity contribution in [3.8, 4) is 6.07 Å². The molecule has 0 spiro atoms. The number of nitrogens with zero attached hydrogens (tertiary/aromatic N) is 4. The van der Waals surface area contributed by atoms with Crippen molar-refractivity contribution >= 4 is 17.4 Å². The first-order valence-corrected chi connectivity index (χ1v) is 9.58. The van der Waals surface area contributed by atoms with Gasteiger partial charge >= 0.3 is 0 Å². The van der Waals surface area contributed by atoms with E-state index in [2.05, 4.69) is 33.2 Å². The topological polar surface area (TPSA) is 64.8 Å². The summed E-state index contributed by atoms with van der Waals surface area (Å²) in [5, 5.41) is 13.4. The van der Waals surface area contributed by atoms with Gasteiger partial charge in [0.05, 0.1) is 5.69 Å². The average Bonchev–Trinajstić information content (AvgIpc) is 2.67. The van der Waals surface area contributed by atoms with Crippen LogP contribution in [0.25, 0.3) is 0 Å². The highest BCUT2D eigenvalue weighted by Gasteiger charge is 2.22. The Morgan fingerprint density at radius 2 is 2.15 bits per heavy atom. The lowest BCUT2D eigenvalue weighted by Gasteiger charge is -2.29. The molecule has 0 atom stereocenters. The minimum atomic E-state index is 0.242. The first-order chi connectivity index (χ1) is 12.7. The smallest absolute Gasteiger partial charge is 0.234 e. The van der Waals surface area contributed by atoms with Gasteiger partial charge in [-0.2, -0.15) is 5.26 Å². The monoisotopic (exact) mass is 369 g/mol. The molecule has 5 nitrogen and oxygen atoms in total. The Labute approximate surface area is 160 Å². The molecule has 6 heteroatoms. The van der Waals surface area contributed by atoms with Crippen LogP contribution in [0.15, 0.2) is 24.3 Å². The van der Waals surface area contributed by atoms with Crippen LogP contribution in [0.3, 0.4) is 0 Å². The third-order valence-electron chi connectivity index (χ3n) is 4.71. The minimum Gasteiger partial charge on any atom is -0.369 e. The van der Waals surface area contributed by atoms with E-state index in [1.165, 1.54) is 12.8 Å². The van der Waals surface area contributed by atoms with Gasteiger partial charge in [0, 0.05) is 36.6 Å². The van der Waals surface area contributed by atoms with E-state index in [1.807, 2.05) is 24.3 Å². The van der Waals surface area contributed by atoms with Gasteiger partial charge in [-0.25, -0.2) is 9.97 Å². The Bertz CT molecular complexity index is 799. The van der Waals surface area contributed by atoms with Crippen molar-refractivity contribution in [3.05, 3.63) is 51.9 Å². The molecule has 26 heavy (non-hydrogen) atoms. The van der Waals surface area contributed by atoms with Crippen molar-refractivity contribution in [2.24, 2.45) is 0 Å². The van der Waals surface area contributed by atoms with Crippen LogP contribution < -0.4 is 5.32 Å². The van der Waals surface area contributed by atoms with Crippen molar-refractivity contribution in [3.63, 3.8) is 0 Å². The fraction of sp³-hybridized carbons (Fsp3) is 0.450. The van der Waals surface area contributed by atoms with Crippen LogP contribution in [0.2, 0.25) is 5.02 Å². The highest BCUT2D eigenvalue weighted by atomic mass is 35.5. The van der Waals surface area contributed by atoms with E-state index < -0.39 is 0 Å². The van der Waals surface area contributed by atoms with E-state index in [1.54, 1.807) is 0 Å². The number of hydrogen-bond donors (Lipinski definition) is 1. The molecule has 0 amide bonds. The second-order valence-electron chi connectivity index (χ2n) is 6.58. The zero-order valence-corrected chi connectivity index (χ0v) is 15.9. The number of aromatic nitrogens is 2. The molecule has 0 aliphatic carbocycles. The van der Waals surface area contributed by atoms with Crippen LogP contribution in [-0.4, -0.2) is 34.5 Å². The van der Waals surface area contributed by atoms with Crippen LogP contribution in [0.4, 0.5) is 5.82 Å². The fourth-order valence-corrected chi connectivity index (χ4v) is 3.49. The molecule has 1 N–H and O–H groups in total. The molecule has 1 aliphatic heterocycles. The number of rotatable bonds is 7. The number of benzene rings is 1. The number of halogens is 1. The van der Waals surface area contributed by atoms with E-state index in [-0.39, 0.29) is 5.82 Å². The number of nitriles is 1. The van der Waals surface area contributed by atoms with Crippen LogP contribution in [0, 0.1) is 11.3 Å². The summed E-state index contributed by atoms with van der Waals surface area (Å²) in [6, 6.07) is 9.95. The van der Waals surface area contributed by atoms with E-state index in [4.69, 9.17) is 11.6 Å². The third-order valence-corrected chi connectivity index (χ3v) is 5.08. The molecule has 2 aromatic rings. The van der Waals surface area contributed by atoms with Gasteiger partial charge in [0.2, 0.25) is 5.82 Å². The molecule has 0 saturated heterocycles. The van der Waals surface area contributed by atoms with Crippen molar-refractivity contribution < 1.29 is 0 Å². The second-order valence-corrected chi connectivity index (χ2v) is 6.99. The van der Waals surface area contributed by atoms with Gasteiger partial charge in [0.15, 0.2) is 0 Å². The predicted molar refractivity (Wildman–Crippen MR) is 104 cm³/mol. The van der Waals surface area contributed by atoms with E-state index >= 15 is 0 Å². The first kappa shape index (κ1) is 18.6. The molecule has 136 valence electrons. The highest BCUT2D eigenvalue weighted by Crippen LogP contribution is 2.24. The predicted octanol–water partition coefficient (Wildman–Crippen LogP) is 3.81. The van der Waals surface area contributed by atoms with Gasteiger partial charge in [-0.05, 0) is 31.0 Å². The molecule has 2 heterocycles. The normalized spacial score (nSPS) is 13.9. The van der Waals surface area contributed by atoms with Gasteiger partial charge in [0.25, 0.3) is 0 Å². The standard InChI is InChI=1S/C20H24ClN5/c1-2-3-11-26-12-9-18-16(14-26)20(25-19(13-22)24-18)23-10-8-15-6-4-5-7-17(15)21/h4-7H,2-3,8-12,14H2,1H3,(H,23,24,25). The fourth-order valence-electron chi connectivity index (χ4n) is 3.26. The van der Waals surface area contributed by atoms with E-state index in [9.17, 15) is 5.26 Å². The number of unbranched alkanes of at least 4 members (excludes halogenated alkanes) is 1. The summed E-state index contributed by atoms with van der Waals surface area (Å²) in [5.74, 6) is 1.03. The van der Waals surface area contributed by atoms with Gasteiger partial charge in [-0.1, -0.05) is 43.1 Å². The van der Waals surface area contributed by atoms with Crippen molar-refractivity contribution in [2.45, 2.75) is 39.2 Å². The molecule has 0 radical (unpaired) electrons. The Kier molecular flexibility index (Phi) is 6.43. The van der Waals surface area contributed by atoms with Gasteiger partial charge in [0.1, 0.15) is 11.9 Å². The Hall–Kier alpha value is -2.16. The Balaban J connectivity index is 1.73. The second kappa shape index (κ2) is 8.98. The summed E-state index contributed by atoms with van der Waals surface area (Å²) in [5.41, 5.74) is 3.24. The molecule has 0 unspecified atom stereocenters. The maximum atomic E-state index is 9.24. The van der Waals surface area contributed by atoms with Gasteiger partial charge < -0.3 is 5.32 Å². The van der Waals surface area contributed by atoms with Gasteiger partial charge in [-0.3, -0.25) is 4.90 Å². The lowest BCUT2D eigenvalue weighted by Crippen LogP contribution is -2.33. The lowest BCUT2D eigenvalue weighted by molar-refractivity contribution is 0.248. The van der Waals surface area contributed by atoms with Crippen LogP contribution >= 0.6 is 11.6 Å².